The van der Waals surface area contributed by atoms with E-state index in [9.17, 15) is 4.79 Å². The largest absolute Gasteiger partial charge is 0.481 e. The second kappa shape index (κ2) is 4.10. The van der Waals surface area contributed by atoms with Crippen molar-refractivity contribution < 1.29 is 9.90 Å². The SMILES string of the molecule is CC(C)(CN1CCNCC1(C)C)C(=O)O. The van der Waals surface area contributed by atoms with Crippen LogP contribution in [0.1, 0.15) is 27.7 Å². The third-order valence-corrected chi connectivity index (χ3v) is 3.14. The molecular weight excluding hydrogens is 192 g/mol. The Hall–Kier alpha value is -0.610. The van der Waals surface area contributed by atoms with Crippen LogP contribution in [0.3, 0.4) is 0 Å². The van der Waals surface area contributed by atoms with Gasteiger partial charge in [-0.2, -0.15) is 0 Å². The van der Waals surface area contributed by atoms with Crippen LogP contribution in [0, 0.1) is 5.41 Å². The number of nitrogens with zero attached hydrogens (tertiary/aromatic N) is 1. The number of hydrogen-bond acceptors (Lipinski definition) is 3. The number of piperazine rings is 1. The van der Waals surface area contributed by atoms with Crippen molar-refractivity contribution in [1.29, 1.82) is 0 Å². The van der Waals surface area contributed by atoms with Gasteiger partial charge in [0.25, 0.3) is 0 Å². The maximum absolute atomic E-state index is 11.1. The lowest BCUT2D eigenvalue weighted by Crippen LogP contribution is -2.60. The Morgan fingerprint density at radius 3 is 2.60 bits per heavy atom. The monoisotopic (exact) mass is 214 g/mol. The molecule has 2 N–H and O–H groups in total. The van der Waals surface area contributed by atoms with Crippen molar-refractivity contribution >= 4 is 5.97 Å². The number of carboxylic acids is 1. The maximum Gasteiger partial charge on any atom is 0.310 e. The molecule has 1 saturated heterocycles. The van der Waals surface area contributed by atoms with Gasteiger partial charge in [0.1, 0.15) is 0 Å². The summed E-state index contributed by atoms with van der Waals surface area (Å²) in [5.41, 5.74) is -0.625. The number of aliphatic carboxylic acids is 1. The lowest BCUT2D eigenvalue weighted by molar-refractivity contribution is -0.149. The normalized spacial score (nSPS) is 22.7. The Morgan fingerprint density at radius 1 is 1.53 bits per heavy atom. The van der Waals surface area contributed by atoms with E-state index in [1.54, 1.807) is 13.8 Å². The van der Waals surface area contributed by atoms with Crippen LogP contribution in [0.5, 0.6) is 0 Å². The predicted molar refractivity (Wildman–Crippen MR) is 59.9 cm³/mol. The van der Waals surface area contributed by atoms with Gasteiger partial charge >= 0.3 is 5.97 Å². The molecule has 4 heteroatoms. The lowest BCUT2D eigenvalue weighted by Gasteiger charge is -2.45. The molecule has 0 aliphatic carbocycles. The van der Waals surface area contributed by atoms with Crippen molar-refractivity contribution in [3.8, 4) is 0 Å². The van der Waals surface area contributed by atoms with Gasteiger partial charge in [0.2, 0.25) is 0 Å². The molecule has 0 saturated carbocycles. The standard InChI is InChI=1S/C11H22N2O2/c1-10(2,9(14)15)8-13-6-5-12-7-11(13,3)4/h12H,5-8H2,1-4H3,(H,14,15). The summed E-state index contributed by atoms with van der Waals surface area (Å²) < 4.78 is 0. The van der Waals surface area contributed by atoms with Crippen LogP contribution in [0.2, 0.25) is 0 Å². The molecule has 4 nitrogen and oxygen atoms in total. The van der Waals surface area contributed by atoms with Crippen LogP contribution in [0.25, 0.3) is 0 Å². The summed E-state index contributed by atoms with van der Waals surface area (Å²) in [6.45, 7) is 11.3. The minimum atomic E-state index is -0.725. The van der Waals surface area contributed by atoms with E-state index in [0.717, 1.165) is 19.6 Å². The fourth-order valence-corrected chi connectivity index (χ4v) is 1.86. The Balaban J connectivity index is 2.67. The molecule has 15 heavy (non-hydrogen) atoms. The Labute approximate surface area is 91.6 Å². The minimum absolute atomic E-state index is 0.0466. The fourth-order valence-electron chi connectivity index (χ4n) is 1.86. The molecule has 1 heterocycles. The zero-order chi connectivity index (χ0) is 11.7. The molecule has 88 valence electrons. The first-order valence-corrected chi connectivity index (χ1v) is 5.45. The molecular formula is C11H22N2O2. The van der Waals surface area contributed by atoms with Crippen molar-refractivity contribution in [2.75, 3.05) is 26.2 Å². The number of carboxylic acid groups (broad SMARTS) is 1. The summed E-state index contributed by atoms with van der Waals surface area (Å²) in [5, 5.41) is 12.4. The quantitative estimate of drug-likeness (QED) is 0.729. The zero-order valence-corrected chi connectivity index (χ0v) is 10.1. The average Bonchev–Trinajstić information content (AvgIpc) is 2.08. The second-order valence-corrected chi connectivity index (χ2v) is 5.60. The van der Waals surface area contributed by atoms with Crippen LogP contribution in [0.4, 0.5) is 0 Å². The van der Waals surface area contributed by atoms with Crippen molar-refractivity contribution in [3.05, 3.63) is 0 Å². The van der Waals surface area contributed by atoms with E-state index in [1.165, 1.54) is 0 Å². The van der Waals surface area contributed by atoms with Crippen molar-refractivity contribution in [3.63, 3.8) is 0 Å². The van der Waals surface area contributed by atoms with Gasteiger partial charge in [-0.25, -0.2) is 0 Å². The molecule has 0 unspecified atom stereocenters. The van der Waals surface area contributed by atoms with Crippen LogP contribution < -0.4 is 5.32 Å². The molecule has 1 fully saturated rings. The Morgan fingerprint density at radius 2 is 2.13 bits per heavy atom. The van der Waals surface area contributed by atoms with Crippen LogP contribution in [-0.4, -0.2) is 47.7 Å². The van der Waals surface area contributed by atoms with E-state index < -0.39 is 11.4 Å². The van der Waals surface area contributed by atoms with E-state index in [0.29, 0.717) is 6.54 Å². The predicted octanol–water partition coefficient (Wildman–Crippen LogP) is 0.781. The zero-order valence-electron chi connectivity index (χ0n) is 10.1. The molecule has 0 aromatic heterocycles. The molecule has 1 aliphatic heterocycles. The Kier molecular flexibility index (Phi) is 3.41. The van der Waals surface area contributed by atoms with Crippen molar-refractivity contribution in [2.24, 2.45) is 5.41 Å². The van der Waals surface area contributed by atoms with Crippen molar-refractivity contribution in [2.45, 2.75) is 33.2 Å². The average molecular weight is 214 g/mol. The topological polar surface area (TPSA) is 52.6 Å². The number of rotatable bonds is 3. The maximum atomic E-state index is 11.1. The smallest absolute Gasteiger partial charge is 0.310 e. The van der Waals surface area contributed by atoms with Gasteiger partial charge in [0.05, 0.1) is 5.41 Å². The third kappa shape index (κ3) is 2.92. The molecule has 0 atom stereocenters. The molecule has 0 amide bonds. The summed E-state index contributed by atoms with van der Waals surface area (Å²) in [4.78, 5) is 13.3. The molecule has 1 rings (SSSR count). The molecule has 1 aliphatic rings. The van der Waals surface area contributed by atoms with Crippen LogP contribution in [0.15, 0.2) is 0 Å². The lowest BCUT2D eigenvalue weighted by atomic mass is 9.89. The fraction of sp³-hybridized carbons (Fsp3) is 0.909. The van der Waals surface area contributed by atoms with Gasteiger partial charge in [-0.05, 0) is 27.7 Å². The van der Waals surface area contributed by atoms with Gasteiger partial charge in [-0.1, -0.05) is 0 Å². The molecule has 0 bridgehead atoms. The van der Waals surface area contributed by atoms with Crippen molar-refractivity contribution in [1.82, 2.24) is 10.2 Å². The van der Waals surface area contributed by atoms with Gasteiger partial charge in [-0.15, -0.1) is 0 Å². The highest BCUT2D eigenvalue weighted by atomic mass is 16.4. The van der Waals surface area contributed by atoms with E-state index in [-0.39, 0.29) is 5.54 Å². The van der Waals surface area contributed by atoms with Gasteiger partial charge in [0.15, 0.2) is 0 Å². The Bertz CT molecular complexity index is 249. The third-order valence-electron chi connectivity index (χ3n) is 3.14. The summed E-state index contributed by atoms with van der Waals surface area (Å²) in [6, 6.07) is 0. The first-order valence-electron chi connectivity index (χ1n) is 5.45. The highest BCUT2D eigenvalue weighted by Crippen LogP contribution is 2.24. The summed E-state index contributed by atoms with van der Waals surface area (Å²) in [6.07, 6.45) is 0. The molecule has 0 aromatic rings. The molecule has 0 aromatic carbocycles. The van der Waals surface area contributed by atoms with Gasteiger partial charge in [-0.3, -0.25) is 9.69 Å². The van der Waals surface area contributed by atoms with E-state index in [4.69, 9.17) is 5.11 Å². The van der Waals surface area contributed by atoms with Gasteiger partial charge < -0.3 is 10.4 Å². The highest BCUT2D eigenvalue weighted by Gasteiger charge is 2.36. The number of nitrogens with one attached hydrogen (secondary N) is 1. The van der Waals surface area contributed by atoms with E-state index in [1.807, 2.05) is 0 Å². The summed E-state index contributed by atoms with van der Waals surface area (Å²) >= 11 is 0. The first kappa shape index (κ1) is 12.5. The highest BCUT2D eigenvalue weighted by molar-refractivity contribution is 5.73. The summed E-state index contributed by atoms with van der Waals surface area (Å²) in [7, 11) is 0. The van der Waals surface area contributed by atoms with Crippen LogP contribution in [-0.2, 0) is 4.79 Å². The minimum Gasteiger partial charge on any atom is -0.481 e. The molecule has 0 spiro atoms. The number of carbonyl (C=O) groups is 1. The van der Waals surface area contributed by atoms with E-state index >= 15 is 0 Å². The summed E-state index contributed by atoms with van der Waals surface area (Å²) in [5.74, 6) is -0.725. The van der Waals surface area contributed by atoms with Gasteiger partial charge in [0, 0.05) is 31.7 Å². The number of hydrogen-bond donors (Lipinski definition) is 2. The first-order chi connectivity index (χ1) is 6.76. The van der Waals surface area contributed by atoms with Crippen LogP contribution >= 0.6 is 0 Å². The van der Waals surface area contributed by atoms with E-state index in [2.05, 4.69) is 24.1 Å². The molecule has 0 radical (unpaired) electrons. The second-order valence-electron chi connectivity index (χ2n) is 5.60.